The highest BCUT2D eigenvalue weighted by atomic mass is 35.5. The standard InChI is InChI=1S/C15H21Cl2NO2/c16-13-6-2-5-12(15(13)17)14(20)7-8-18(9-10-19)11-3-1-4-11/h2,5-6,11,14,19-20H,1,3-4,7-10H2. The summed E-state index contributed by atoms with van der Waals surface area (Å²) >= 11 is 12.1. The Labute approximate surface area is 130 Å². The Balaban J connectivity index is 1.92. The van der Waals surface area contributed by atoms with Crippen LogP contribution in [-0.2, 0) is 0 Å². The minimum absolute atomic E-state index is 0.157. The van der Waals surface area contributed by atoms with Gasteiger partial charge >= 0.3 is 0 Å². The number of halogens is 2. The Bertz CT molecular complexity index is 438. The second kappa shape index (κ2) is 7.62. The van der Waals surface area contributed by atoms with E-state index in [1.807, 2.05) is 0 Å². The Morgan fingerprint density at radius 3 is 2.60 bits per heavy atom. The molecule has 5 heteroatoms. The van der Waals surface area contributed by atoms with Gasteiger partial charge in [-0.15, -0.1) is 0 Å². The summed E-state index contributed by atoms with van der Waals surface area (Å²) in [6.07, 6.45) is 3.61. The lowest BCUT2D eigenvalue weighted by molar-refractivity contribution is 0.0765. The highest BCUT2D eigenvalue weighted by Gasteiger charge is 2.25. The molecule has 1 aliphatic rings. The van der Waals surface area contributed by atoms with Crippen molar-refractivity contribution in [3.05, 3.63) is 33.8 Å². The van der Waals surface area contributed by atoms with Gasteiger partial charge < -0.3 is 10.2 Å². The molecule has 0 aliphatic heterocycles. The second-order valence-electron chi connectivity index (χ2n) is 5.29. The van der Waals surface area contributed by atoms with Crippen molar-refractivity contribution in [3.63, 3.8) is 0 Å². The van der Waals surface area contributed by atoms with Gasteiger partial charge in [-0.25, -0.2) is 0 Å². The maximum atomic E-state index is 10.3. The lowest BCUT2D eigenvalue weighted by Gasteiger charge is -2.37. The minimum atomic E-state index is -0.623. The van der Waals surface area contributed by atoms with E-state index >= 15 is 0 Å². The average Bonchev–Trinajstić information content (AvgIpc) is 2.37. The summed E-state index contributed by atoms with van der Waals surface area (Å²) in [6.45, 7) is 1.58. The van der Waals surface area contributed by atoms with Crippen molar-refractivity contribution in [3.8, 4) is 0 Å². The van der Waals surface area contributed by atoms with Gasteiger partial charge in [0, 0.05) is 24.7 Å². The molecule has 2 N–H and O–H groups in total. The third-order valence-corrected chi connectivity index (χ3v) is 4.84. The number of nitrogens with zero attached hydrogens (tertiary/aromatic N) is 1. The maximum absolute atomic E-state index is 10.3. The van der Waals surface area contributed by atoms with Gasteiger partial charge in [-0.3, -0.25) is 4.90 Å². The zero-order chi connectivity index (χ0) is 14.5. The molecule has 0 saturated heterocycles. The largest absolute Gasteiger partial charge is 0.395 e. The Morgan fingerprint density at radius 2 is 2.00 bits per heavy atom. The molecule has 20 heavy (non-hydrogen) atoms. The zero-order valence-corrected chi connectivity index (χ0v) is 12.9. The highest BCUT2D eigenvalue weighted by Crippen LogP contribution is 2.32. The lowest BCUT2D eigenvalue weighted by atomic mass is 9.91. The van der Waals surface area contributed by atoms with Crippen molar-refractivity contribution >= 4 is 23.2 Å². The van der Waals surface area contributed by atoms with E-state index in [-0.39, 0.29) is 6.61 Å². The third kappa shape index (κ3) is 3.86. The summed E-state index contributed by atoms with van der Waals surface area (Å²) in [6, 6.07) is 5.87. The summed E-state index contributed by atoms with van der Waals surface area (Å²) in [5, 5.41) is 20.3. The van der Waals surface area contributed by atoms with Crippen LogP contribution < -0.4 is 0 Å². The number of hydrogen-bond acceptors (Lipinski definition) is 3. The molecule has 1 aromatic carbocycles. The molecule has 2 rings (SSSR count). The van der Waals surface area contributed by atoms with Crippen LogP contribution in [0, 0.1) is 0 Å². The lowest BCUT2D eigenvalue weighted by Crippen LogP contribution is -2.42. The molecule has 1 fully saturated rings. The molecule has 0 amide bonds. The normalized spacial score (nSPS) is 17.2. The first-order valence-electron chi connectivity index (χ1n) is 7.10. The third-order valence-electron chi connectivity index (χ3n) is 4.01. The fourth-order valence-electron chi connectivity index (χ4n) is 2.58. The molecular formula is C15H21Cl2NO2. The molecule has 0 spiro atoms. The molecule has 1 aromatic rings. The first kappa shape index (κ1) is 16.1. The van der Waals surface area contributed by atoms with Crippen LogP contribution in [0.25, 0.3) is 0 Å². The number of benzene rings is 1. The van der Waals surface area contributed by atoms with Gasteiger partial charge in [0.05, 0.1) is 22.8 Å². The minimum Gasteiger partial charge on any atom is -0.395 e. The quantitative estimate of drug-likeness (QED) is 0.811. The van der Waals surface area contributed by atoms with Gasteiger partial charge in [0.25, 0.3) is 0 Å². The number of hydrogen-bond donors (Lipinski definition) is 2. The van der Waals surface area contributed by atoms with Gasteiger partial charge in [-0.05, 0) is 25.3 Å². The van der Waals surface area contributed by atoms with E-state index in [9.17, 15) is 5.11 Å². The van der Waals surface area contributed by atoms with Gasteiger partial charge in [-0.1, -0.05) is 41.8 Å². The highest BCUT2D eigenvalue weighted by molar-refractivity contribution is 6.42. The van der Waals surface area contributed by atoms with Crippen molar-refractivity contribution in [2.75, 3.05) is 19.7 Å². The van der Waals surface area contributed by atoms with Gasteiger partial charge in [0.2, 0.25) is 0 Å². The predicted molar refractivity (Wildman–Crippen MR) is 82.3 cm³/mol. The molecular weight excluding hydrogens is 297 g/mol. The van der Waals surface area contributed by atoms with E-state index < -0.39 is 6.10 Å². The van der Waals surface area contributed by atoms with E-state index in [4.69, 9.17) is 28.3 Å². The molecule has 0 aromatic heterocycles. The van der Waals surface area contributed by atoms with Crippen LogP contribution in [0.15, 0.2) is 18.2 Å². The summed E-state index contributed by atoms with van der Waals surface area (Å²) in [5.41, 5.74) is 0.678. The van der Waals surface area contributed by atoms with E-state index in [1.165, 1.54) is 19.3 Å². The van der Waals surface area contributed by atoms with Crippen LogP contribution in [0.5, 0.6) is 0 Å². The van der Waals surface area contributed by atoms with E-state index in [1.54, 1.807) is 18.2 Å². The summed E-state index contributed by atoms with van der Waals surface area (Å²) in [7, 11) is 0. The van der Waals surface area contributed by atoms with Gasteiger partial charge in [0.15, 0.2) is 0 Å². The molecule has 0 bridgehead atoms. The Hall–Kier alpha value is -0.320. The van der Waals surface area contributed by atoms with Crippen LogP contribution in [-0.4, -0.2) is 40.9 Å². The van der Waals surface area contributed by atoms with Gasteiger partial charge in [-0.2, -0.15) is 0 Å². The molecule has 112 valence electrons. The van der Waals surface area contributed by atoms with Gasteiger partial charge in [0.1, 0.15) is 0 Å². The van der Waals surface area contributed by atoms with Crippen molar-refractivity contribution in [2.45, 2.75) is 37.8 Å². The van der Waals surface area contributed by atoms with Crippen LogP contribution in [0.1, 0.15) is 37.4 Å². The van der Waals surface area contributed by atoms with Crippen molar-refractivity contribution < 1.29 is 10.2 Å². The Kier molecular flexibility index (Phi) is 6.12. The fourth-order valence-corrected chi connectivity index (χ4v) is 3.01. The molecule has 1 atom stereocenters. The topological polar surface area (TPSA) is 43.7 Å². The van der Waals surface area contributed by atoms with E-state index in [2.05, 4.69) is 4.90 Å². The smallest absolute Gasteiger partial charge is 0.0817 e. The molecule has 1 saturated carbocycles. The monoisotopic (exact) mass is 317 g/mol. The first-order chi connectivity index (χ1) is 9.63. The summed E-state index contributed by atoms with van der Waals surface area (Å²) in [5.74, 6) is 0. The number of aliphatic hydroxyl groups excluding tert-OH is 2. The van der Waals surface area contributed by atoms with Crippen molar-refractivity contribution in [2.24, 2.45) is 0 Å². The predicted octanol–water partition coefficient (Wildman–Crippen LogP) is 3.26. The molecule has 3 nitrogen and oxygen atoms in total. The molecule has 1 aliphatic carbocycles. The molecule has 0 radical (unpaired) electrons. The maximum Gasteiger partial charge on any atom is 0.0817 e. The van der Waals surface area contributed by atoms with Crippen LogP contribution in [0.4, 0.5) is 0 Å². The zero-order valence-electron chi connectivity index (χ0n) is 11.4. The molecule has 0 heterocycles. The number of aliphatic hydroxyl groups is 2. The van der Waals surface area contributed by atoms with Crippen LogP contribution >= 0.6 is 23.2 Å². The first-order valence-corrected chi connectivity index (χ1v) is 7.86. The number of rotatable bonds is 7. The van der Waals surface area contributed by atoms with Crippen molar-refractivity contribution in [1.82, 2.24) is 4.90 Å². The average molecular weight is 318 g/mol. The second-order valence-corrected chi connectivity index (χ2v) is 6.08. The van der Waals surface area contributed by atoms with Crippen LogP contribution in [0.3, 0.4) is 0 Å². The van der Waals surface area contributed by atoms with Crippen LogP contribution in [0.2, 0.25) is 10.0 Å². The Morgan fingerprint density at radius 1 is 1.25 bits per heavy atom. The van der Waals surface area contributed by atoms with Crippen molar-refractivity contribution in [1.29, 1.82) is 0 Å². The SMILES string of the molecule is OCCN(CCC(O)c1cccc(Cl)c1Cl)C1CCC1. The summed E-state index contributed by atoms with van der Waals surface area (Å²) in [4.78, 5) is 2.26. The fraction of sp³-hybridized carbons (Fsp3) is 0.600. The van der Waals surface area contributed by atoms with E-state index in [0.29, 0.717) is 34.6 Å². The van der Waals surface area contributed by atoms with E-state index in [0.717, 1.165) is 6.54 Å². The summed E-state index contributed by atoms with van der Waals surface area (Å²) < 4.78 is 0. The molecule has 1 unspecified atom stereocenters.